The standard InChI is InChI=1S/C41H39NO5/c1-40(2)34-12-8-7-11-30(34)37-32-25-35(42-19-22-45-23-20-42)36(44-3)26-33(32)39-31(38(37)40)17-18-41(47-39,27-9-5-4-6-10-27)28-13-15-29(16-14-28)46-24-21-43/h4-18,25-26,43H,19-24H2,1-3H3. The zero-order valence-electron chi connectivity index (χ0n) is 27.1. The van der Waals surface area contributed by atoms with Crippen molar-refractivity contribution >= 4 is 22.5 Å². The van der Waals surface area contributed by atoms with E-state index in [0.29, 0.717) is 19.0 Å². The van der Waals surface area contributed by atoms with Gasteiger partial charge in [-0.25, -0.2) is 0 Å². The minimum atomic E-state index is -0.892. The van der Waals surface area contributed by atoms with Crippen LogP contribution in [-0.4, -0.2) is 51.7 Å². The van der Waals surface area contributed by atoms with Crippen LogP contribution in [0.3, 0.4) is 0 Å². The summed E-state index contributed by atoms with van der Waals surface area (Å²) in [5, 5.41) is 11.5. The first-order chi connectivity index (χ1) is 23.0. The molecule has 0 radical (unpaired) electrons. The van der Waals surface area contributed by atoms with Gasteiger partial charge in [-0.05, 0) is 58.0 Å². The first-order valence-electron chi connectivity index (χ1n) is 16.4. The molecule has 0 bridgehead atoms. The zero-order valence-corrected chi connectivity index (χ0v) is 27.1. The third kappa shape index (κ3) is 4.61. The molecule has 1 atom stereocenters. The van der Waals surface area contributed by atoms with Gasteiger partial charge in [-0.15, -0.1) is 0 Å². The molecule has 0 saturated carbocycles. The van der Waals surface area contributed by atoms with E-state index in [1.165, 1.54) is 22.3 Å². The molecule has 2 aliphatic heterocycles. The van der Waals surface area contributed by atoms with Crippen molar-refractivity contribution in [2.75, 3.05) is 51.5 Å². The molecule has 47 heavy (non-hydrogen) atoms. The van der Waals surface area contributed by atoms with Crippen LogP contribution in [0.4, 0.5) is 5.69 Å². The van der Waals surface area contributed by atoms with Gasteiger partial charge in [0.05, 0.1) is 32.6 Å². The Hall–Kier alpha value is -4.78. The van der Waals surface area contributed by atoms with Gasteiger partial charge < -0.3 is 29.0 Å². The summed E-state index contributed by atoms with van der Waals surface area (Å²) in [7, 11) is 1.75. The van der Waals surface area contributed by atoms with Gasteiger partial charge in [0.1, 0.15) is 23.9 Å². The first-order valence-corrected chi connectivity index (χ1v) is 16.4. The maximum atomic E-state index is 9.27. The van der Waals surface area contributed by atoms with E-state index in [1.54, 1.807) is 7.11 Å². The normalized spacial score (nSPS) is 19.1. The van der Waals surface area contributed by atoms with Crippen molar-refractivity contribution in [2.45, 2.75) is 24.9 Å². The Morgan fingerprint density at radius 3 is 2.32 bits per heavy atom. The predicted octanol–water partition coefficient (Wildman–Crippen LogP) is 7.71. The summed E-state index contributed by atoms with van der Waals surface area (Å²) in [5.74, 6) is 2.37. The quantitative estimate of drug-likeness (QED) is 0.200. The number of ether oxygens (including phenoxy) is 4. The molecule has 3 aliphatic rings. The minimum absolute atomic E-state index is 0.0351. The second-order valence-electron chi connectivity index (χ2n) is 13.0. The minimum Gasteiger partial charge on any atom is -0.495 e. The van der Waals surface area contributed by atoms with Crippen LogP contribution in [0.25, 0.3) is 28.0 Å². The Morgan fingerprint density at radius 2 is 1.57 bits per heavy atom. The molecule has 5 aromatic carbocycles. The molecular weight excluding hydrogens is 586 g/mol. The molecule has 1 aliphatic carbocycles. The highest BCUT2D eigenvalue weighted by atomic mass is 16.5. The van der Waals surface area contributed by atoms with E-state index >= 15 is 0 Å². The maximum absolute atomic E-state index is 9.27. The Labute approximate surface area is 275 Å². The maximum Gasteiger partial charge on any atom is 0.178 e. The van der Waals surface area contributed by atoms with E-state index in [4.69, 9.17) is 18.9 Å². The SMILES string of the molecule is COc1cc2c3c(c4c(c2cc1N1CCOCC1)-c1ccccc1C4(C)C)C=CC(c1ccccc1)(c1ccc(OCCO)cc1)O3. The van der Waals surface area contributed by atoms with Crippen molar-refractivity contribution in [3.05, 3.63) is 125 Å². The van der Waals surface area contributed by atoms with Crippen LogP contribution < -0.4 is 19.1 Å². The Kier molecular flexibility index (Phi) is 7.23. The molecule has 2 heterocycles. The second kappa shape index (κ2) is 11.5. The lowest BCUT2D eigenvalue weighted by Gasteiger charge is -2.38. The van der Waals surface area contributed by atoms with Crippen molar-refractivity contribution < 1.29 is 24.1 Å². The van der Waals surface area contributed by atoms with Crippen LogP contribution in [0, 0.1) is 0 Å². The average Bonchev–Trinajstić information content (AvgIpc) is 3.37. The lowest BCUT2D eigenvalue weighted by atomic mass is 9.76. The van der Waals surface area contributed by atoms with E-state index in [9.17, 15) is 5.11 Å². The highest BCUT2D eigenvalue weighted by Gasteiger charge is 2.44. The van der Waals surface area contributed by atoms with Crippen LogP contribution in [0.1, 0.15) is 41.7 Å². The number of anilines is 1. The molecule has 1 fully saturated rings. The fourth-order valence-electron chi connectivity index (χ4n) is 7.81. The molecule has 6 nitrogen and oxygen atoms in total. The molecule has 1 N–H and O–H groups in total. The van der Waals surface area contributed by atoms with Gasteiger partial charge >= 0.3 is 0 Å². The van der Waals surface area contributed by atoms with Gasteiger partial charge in [-0.1, -0.05) is 86.7 Å². The molecule has 8 rings (SSSR count). The number of nitrogens with zero attached hydrogens (tertiary/aromatic N) is 1. The highest BCUT2D eigenvalue weighted by molar-refractivity contribution is 6.10. The third-order valence-corrected chi connectivity index (χ3v) is 10.0. The summed E-state index contributed by atoms with van der Waals surface area (Å²) >= 11 is 0. The molecule has 5 aromatic rings. The number of benzene rings is 5. The lowest BCUT2D eigenvalue weighted by Crippen LogP contribution is -2.36. The van der Waals surface area contributed by atoms with E-state index in [1.807, 2.05) is 18.2 Å². The number of hydrogen-bond donors (Lipinski definition) is 1. The predicted molar refractivity (Wildman–Crippen MR) is 187 cm³/mol. The summed E-state index contributed by atoms with van der Waals surface area (Å²) in [4.78, 5) is 2.37. The van der Waals surface area contributed by atoms with Crippen LogP contribution in [0.15, 0.2) is 97.1 Å². The number of hydrogen-bond acceptors (Lipinski definition) is 6. The Balaban J connectivity index is 1.41. The van der Waals surface area contributed by atoms with E-state index in [0.717, 1.165) is 57.7 Å². The van der Waals surface area contributed by atoms with Crippen molar-refractivity contribution in [3.63, 3.8) is 0 Å². The Morgan fingerprint density at radius 1 is 0.851 bits per heavy atom. The number of fused-ring (bicyclic) bond motifs is 8. The van der Waals surface area contributed by atoms with Gasteiger partial charge in [0.2, 0.25) is 0 Å². The number of aliphatic hydroxyl groups excluding tert-OH is 1. The molecular formula is C41H39NO5. The largest absolute Gasteiger partial charge is 0.495 e. The Bertz CT molecular complexity index is 1990. The van der Waals surface area contributed by atoms with Gasteiger partial charge in [0.15, 0.2) is 5.60 Å². The van der Waals surface area contributed by atoms with Gasteiger partial charge in [-0.3, -0.25) is 0 Å². The monoisotopic (exact) mass is 625 g/mol. The van der Waals surface area contributed by atoms with Crippen LogP contribution >= 0.6 is 0 Å². The van der Waals surface area contributed by atoms with Crippen LogP contribution in [-0.2, 0) is 15.8 Å². The third-order valence-electron chi connectivity index (χ3n) is 10.0. The van der Waals surface area contributed by atoms with Crippen LogP contribution in [0.5, 0.6) is 17.2 Å². The fourth-order valence-corrected chi connectivity index (χ4v) is 7.81. The van der Waals surface area contributed by atoms with Gasteiger partial charge in [-0.2, -0.15) is 0 Å². The van der Waals surface area contributed by atoms with Crippen molar-refractivity contribution in [2.24, 2.45) is 0 Å². The van der Waals surface area contributed by atoms with Gasteiger partial charge in [0.25, 0.3) is 0 Å². The summed E-state index contributed by atoms with van der Waals surface area (Å²) in [6.07, 6.45) is 4.48. The zero-order chi connectivity index (χ0) is 32.2. The number of aliphatic hydroxyl groups is 1. The average molecular weight is 626 g/mol. The topological polar surface area (TPSA) is 60.4 Å². The summed E-state index contributed by atoms with van der Waals surface area (Å²) in [5.41, 5.74) is 8.19. The van der Waals surface area contributed by atoms with E-state index in [-0.39, 0.29) is 18.6 Å². The van der Waals surface area contributed by atoms with Crippen molar-refractivity contribution in [3.8, 4) is 28.4 Å². The number of rotatable bonds is 7. The van der Waals surface area contributed by atoms with Crippen molar-refractivity contribution in [1.82, 2.24) is 0 Å². The highest BCUT2D eigenvalue weighted by Crippen LogP contribution is 2.59. The molecule has 0 aromatic heterocycles. The summed E-state index contributed by atoms with van der Waals surface area (Å²) in [6.45, 7) is 7.87. The second-order valence-corrected chi connectivity index (χ2v) is 13.0. The van der Waals surface area contributed by atoms with Crippen molar-refractivity contribution in [1.29, 1.82) is 0 Å². The first kappa shape index (κ1) is 29.6. The molecule has 1 saturated heterocycles. The lowest BCUT2D eigenvalue weighted by molar-refractivity contribution is 0.122. The van der Waals surface area contributed by atoms with Crippen LogP contribution in [0.2, 0.25) is 0 Å². The number of methoxy groups -OCH3 is 1. The summed E-state index contributed by atoms with van der Waals surface area (Å²) < 4.78 is 25.0. The molecule has 238 valence electrons. The van der Waals surface area contributed by atoms with E-state index < -0.39 is 5.60 Å². The summed E-state index contributed by atoms with van der Waals surface area (Å²) in [6, 6.07) is 31.7. The van der Waals surface area contributed by atoms with E-state index in [2.05, 4.69) is 104 Å². The molecule has 0 spiro atoms. The smallest absolute Gasteiger partial charge is 0.178 e. The molecule has 0 amide bonds. The molecule has 6 heteroatoms. The van der Waals surface area contributed by atoms with Gasteiger partial charge in [0, 0.05) is 40.6 Å². The number of morpholine rings is 1. The molecule has 1 unspecified atom stereocenters. The fraction of sp³-hybridized carbons (Fsp3) is 0.268.